The van der Waals surface area contributed by atoms with Crippen LogP contribution in [0, 0.1) is 0 Å². The van der Waals surface area contributed by atoms with Gasteiger partial charge in [-0.05, 0) is 25.8 Å². The van der Waals surface area contributed by atoms with Crippen LogP contribution in [0.3, 0.4) is 0 Å². The topological polar surface area (TPSA) is 55.8 Å². The second-order valence-electron chi connectivity index (χ2n) is 2.60. The van der Waals surface area contributed by atoms with Crippen LogP contribution in [0.4, 0.5) is 0 Å². The standard InChI is InChI=1S/C11H14O4/c1-7(2)15-10-6-8(14-3)4-5-9(10)11(12)13/h4-7H,1-3H3,(H,12,13)/i1D3,2D3,7D. The first-order valence-electron chi connectivity index (χ1n) is 7.44. The Morgan fingerprint density at radius 1 is 1.60 bits per heavy atom. The predicted octanol–water partition coefficient (Wildman–Crippen LogP) is 2.18. The van der Waals surface area contributed by atoms with Crippen molar-refractivity contribution in [1.82, 2.24) is 0 Å². The van der Waals surface area contributed by atoms with Crippen LogP contribution in [0.25, 0.3) is 0 Å². The normalized spacial score (nSPS) is 19.4. The number of hydrogen-bond donors (Lipinski definition) is 1. The Kier molecular flexibility index (Phi) is 1.52. The summed E-state index contributed by atoms with van der Waals surface area (Å²) in [6.07, 6.45) is -3.32. The SMILES string of the molecule is [2H]C([2H])([2H])C([2H])(Oc1cc(OC)ccc1C(=O)O)C([2H])([2H])[2H]. The van der Waals surface area contributed by atoms with Crippen LogP contribution in [0.15, 0.2) is 18.2 Å². The van der Waals surface area contributed by atoms with E-state index in [0.717, 1.165) is 12.1 Å². The number of aromatic carboxylic acids is 1. The van der Waals surface area contributed by atoms with Crippen molar-refractivity contribution >= 4 is 5.97 Å². The summed E-state index contributed by atoms with van der Waals surface area (Å²) in [5, 5.41) is 9.07. The first-order chi connectivity index (χ1) is 9.83. The Labute approximate surface area is 98.3 Å². The van der Waals surface area contributed by atoms with Crippen LogP contribution in [0.2, 0.25) is 0 Å². The molecule has 1 aromatic carbocycles. The summed E-state index contributed by atoms with van der Waals surface area (Å²) in [5.74, 6) is -1.91. The molecule has 0 radical (unpaired) electrons. The molecule has 82 valence electrons. The second kappa shape index (κ2) is 4.68. The molecule has 4 heteroatoms. The van der Waals surface area contributed by atoms with E-state index in [1.54, 1.807) is 0 Å². The molecule has 0 amide bonds. The van der Waals surface area contributed by atoms with Crippen LogP contribution >= 0.6 is 0 Å². The number of methoxy groups -OCH3 is 1. The van der Waals surface area contributed by atoms with Crippen molar-refractivity contribution < 1.29 is 29.0 Å². The van der Waals surface area contributed by atoms with Gasteiger partial charge in [0.05, 0.1) is 14.6 Å². The molecule has 0 aliphatic carbocycles. The molecule has 0 aliphatic rings. The van der Waals surface area contributed by atoms with E-state index in [1.807, 2.05) is 0 Å². The molecule has 0 heterocycles. The van der Waals surface area contributed by atoms with Crippen LogP contribution in [0.5, 0.6) is 11.5 Å². The van der Waals surface area contributed by atoms with E-state index in [1.165, 1.54) is 13.2 Å². The molecule has 4 nitrogen and oxygen atoms in total. The molecule has 0 unspecified atom stereocenters. The predicted molar refractivity (Wildman–Crippen MR) is 55.7 cm³/mol. The number of rotatable bonds is 4. The third-order valence-corrected chi connectivity index (χ3v) is 1.63. The number of carboxylic acid groups (broad SMARTS) is 1. The van der Waals surface area contributed by atoms with Crippen molar-refractivity contribution in [2.24, 2.45) is 0 Å². The van der Waals surface area contributed by atoms with E-state index in [-0.39, 0.29) is 5.75 Å². The van der Waals surface area contributed by atoms with Gasteiger partial charge in [0, 0.05) is 14.3 Å². The van der Waals surface area contributed by atoms with Crippen molar-refractivity contribution in [3.8, 4) is 11.5 Å². The molecular formula is C11H14O4. The molecule has 1 aromatic rings. The van der Waals surface area contributed by atoms with Gasteiger partial charge >= 0.3 is 5.97 Å². The minimum Gasteiger partial charge on any atom is -0.497 e. The minimum atomic E-state index is -3.34. The molecule has 0 saturated heterocycles. The zero-order chi connectivity index (χ0) is 17.3. The molecule has 0 fully saturated rings. The highest BCUT2D eigenvalue weighted by molar-refractivity contribution is 5.91. The number of carboxylic acids is 1. The smallest absolute Gasteiger partial charge is 0.339 e. The van der Waals surface area contributed by atoms with Gasteiger partial charge in [-0.2, -0.15) is 0 Å². The van der Waals surface area contributed by atoms with Crippen molar-refractivity contribution in [2.45, 2.75) is 19.8 Å². The maximum absolute atomic E-state index is 11.1. The van der Waals surface area contributed by atoms with Crippen molar-refractivity contribution in [1.29, 1.82) is 0 Å². The summed E-state index contributed by atoms with van der Waals surface area (Å²) < 4.78 is 60.9. The van der Waals surface area contributed by atoms with Crippen LogP contribution in [-0.4, -0.2) is 24.3 Å². The van der Waals surface area contributed by atoms with Gasteiger partial charge in [-0.3, -0.25) is 0 Å². The van der Waals surface area contributed by atoms with Crippen LogP contribution in [0.1, 0.15) is 33.7 Å². The lowest BCUT2D eigenvalue weighted by molar-refractivity contribution is 0.0690. The molecule has 0 spiro atoms. The molecular weight excluding hydrogens is 196 g/mol. The third kappa shape index (κ3) is 2.87. The summed E-state index contributed by atoms with van der Waals surface area (Å²) in [4.78, 5) is 11.1. The average Bonchev–Trinajstić information content (AvgIpc) is 2.35. The lowest BCUT2D eigenvalue weighted by Crippen LogP contribution is -2.10. The van der Waals surface area contributed by atoms with Gasteiger partial charge in [0.25, 0.3) is 0 Å². The molecule has 0 aromatic heterocycles. The highest BCUT2D eigenvalue weighted by atomic mass is 16.5. The largest absolute Gasteiger partial charge is 0.497 e. The number of hydrogen-bond acceptors (Lipinski definition) is 3. The average molecular weight is 217 g/mol. The van der Waals surface area contributed by atoms with E-state index < -0.39 is 37.1 Å². The van der Waals surface area contributed by atoms with Crippen molar-refractivity contribution in [3.05, 3.63) is 23.8 Å². The van der Waals surface area contributed by atoms with E-state index >= 15 is 0 Å². The zero-order valence-corrected chi connectivity index (χ0v) is 7.90. The van der Waals surface area contributed by atoms with Crippen LogP contribution < -0.4 is 9.47 Å². The van der Waals surface area contributed by atoms with Gasteiger partial charge in [0.15, 0.2) is 0 Å². The summed E-state index contributed by atoms with van der Waals surface area (Å²) >= 11 is 0. The highest BCUT2D eigenvalue weighted by Gasteiger charge is 2.13. The van der Waals surface area contributed by atoms with E-state index in [0.29, 0.717) is 0 Å². The van der Waals surface area contributed by atoms with Gasteiger partial charge in [0.1, 0.15) is 17.1 Å². The number of benzene rings is 1. The Morgan fingerprint density at radius 2 is 2.33 bits per heavy atom. The maximum Gasteiger partial charge on any atom is 0.339 e. The van der Waals surface area contributed by atoms with Crippen molar-refractivity contribution in [2.75, 3.05) is 7.11 Å². The Hall–Kier alpha value is -1.71. The summed E-state index contributed by atoms with van der Waals surface area (Å²) in [6, 6.07) is 3.37. The Balaban J connectivity index is 3.45. The maximum atomic E-state index is 11.1. The summed E-state index contributed by atoms with van der Waals surface area (Å²) in [6.45, 7) is -6.67. The lowest BCUT2D eigenvalue weighted by Gasteiger charge is -2.13. The van der Waals surface area contributed by atoms with Crippen molar-refractivity contribution in [3.63, 3.8) is 0 Å². The first kappa shape index (κ1) is 4.88. The molecule has 1 N–H and O–H groups in total. The van der Waals surface area contributed by atoms with Gasteiger partial charge in [0.2, 0.25) is 0 Å². The van der Waals surface area contributed by atoms with E-state index in [4.69, 9.17) is 24.2 Å². The van der Waals surface area contributed by atoms with Gasteiger partial charge in [-0.25, -0.2) is 4.79 Å². The molecule has 0 atom stereocenters. The molecule has 0 aliphatic heterocycles. The van der Waals surface area contributed by atoms with Crippen LogP contribution in [-0.2, 0) is 0 Å². The van der Waals surface area contributed by atoms with E-state index in [9.17, 15) is 4.79 Å². The quantitative estimate of drug-likeness (QED) is 0.839. The fourth-order valence-electron chi connectivity index (χ4n) is 1.00. The fraction of sp³-hybridized carbons (Fsp3) is 0.364. The Bertz CT molecular complexity index is 551. The zero-order valence-electron chi connectivity index (χ0n) is 14.9. The number of ether oxygens (including phenoxy) is 2. The second-order valence-corrected chi connectivity index (χ2v) is 2.60. The van der Waals surface area contributed by atoms with Gasteiger partial charge in [-0.1, -0.05) is 0 Å². The first-order valence-corrected chi connectivity index (χ1v) is 3.94. The monoisotopic (exact) mass is 217 g/mol. The minimum absolute atomic E-state index is 0.124. The number of carbonyl (C=O) groups is 1. The summed E-state index contributed by atoms with van der Waals surface area (Å²) in [7, 11) is 1.28. The highest BCUT2D eigenvalue weighted by Crippen LogP contribution is 2.25. The molecule has 15 heavy (non-hydrogen) atoms. The molecule has 0 saturated carbocycles. The van der Waals surface area contributed by atoms with Gasteiger partial charge < -0.3 is 14.6 Å². The lowest BCUT2D eigenvalue weighted by atomic mass is 10.2. The van der Waals surface area contributed by atoms with Gasteiger partial charge in [-0.15, -0.1) is 0 Å². The summed E-state index contributed by atoms with van der Waals surface area (Å²) in [5.41, 5.74) is -0.481. The fourth-order valence-corrected chi connectivity index (χ4v) is 1.00. The third-order valence-electron chi connectivity index (χ3n) is 1.63. The molecule has 1 rings (SSSR count). The molecule has 0 bridgehead atoms. The Morgan fingerprint density at radius 3 is 2.87 bits per heavy atom. The van der Waals surface area contributed by atoms with E-state index in [2.05, 4.69) is 0 Å².